The molecule has 1 nitrogen and oxygen atoms in total. The minimum Gasteiger partial charge on any atom is -0.282 e. The summed E-state index contributed by atoms with van der Waals surface area (Å²) in [6.07, 6.45) is 1.90. The van der Waals surface area contributed by atoms with Crippen molar-refractivity contribution < 1.29 is 0 Å². The minimum absolute atomic E-state index is 0. The maximum Gasteiger partial charge on any atom is 0.0596 e. The molecule has 24 heavy (non-hydrogen) atoms. The third kappa shape index (κ3) is 3.09. The number of aliphatic imine (C=N–C) groups is 1. The fourth-order valence-electron chi connectivity index (χ4n) is 3.62. The summed E-state index contributed by atoms with van der Waals surface area (Å²) in [7, 11) is 0. The average Bonchev–Trinajstić information content (AvgIpc) is 2.55. The molecule has 0 atom stereocenters. The molecule has 0 aliphatic carbocycles. The van der Waals surface area contributed by atoms with E-state index >= 15 is 0 Å². The van der Waals surface area contributed by atoms with Crippen LogP contribution >= 0.6 is 12.4 Å². The lowest BCUT2D eigenvalue weighted by Gasteiger charge is -2.30. The number of hydrogen-bond acceptors (Lipinski definition) is 1. The number of benzene rings is 3. The lowest BCUT2D eigenvalue weighted by Crippen LogP contribution is -2.30. The lowest BCUT2D eigenvalue weighted by atomic mass is 9.82. The molecule has 0 saturated carbocycles. The van der Waals surface area contributed by atoms with E-state index in [1.54, 1.807) is 0 Å². The summed E-state index contributed by atoms with van der Waals surface area (Å²) < 4.78 is 0. The SMILES string of the molecule is CC1(C)Cc2c(ccc3ccccc23)C(Cc2ccccc2)=N1.Cl. The van der Waals surface area contributed by atoms with E-state index in [0.29, 0.717) is 0 Å². The normalized spacial score (nSPS) is 15.3. The molecule has 0 bridgehead atoms. The van der Waals surface area contributed by atoms with Gasteiger partial charge in [-0.2, -0.15) is 0 Å². The number of rotatable bonds is 2. The molecule has 1 aliphatic heterocycles. The molecule has 0 aromatic heterocycles. The third-order valence-electron chi connectivity index (χ3n) is 4.61. The van der Waals surface area contributed by atoms with Crippen LogP contribution in [-0.2, 0) is 12.8 Å². The number of nitrogens with zero attached hydrogens (tertiary/aromatic N) is 1. The highest BCUT2D eigenvalue weighted by Crippen LogP contribution is 2.33. The maximum atomic E-state index is 5.07. The topological polar surface area (TPSA) is 12.4 Å². The van der Waals surface area contributed by atoms with Crippen LogP contribution in [-0.4, -0.2) is 11.3 Å². The van der Waals surface area contributed by atoms with Crippen LogP contribution < -0.4 is 0 Å². The maximum absolute atomic E-state index is 5.07. The van der Waals surface area contributed by atoms with Crippen molar-refractivity contribution in [2.75, 3.05) is 0 Å². The van der Waals surface area contributed by atoms with Crippen LogP contribution in [0.15, 0.2) is 71.7 Å². The van der Waals surface area contributed by atoms with Gasteiger partial charge in [0.05, 0.1) is 5.54 Å². The first-order chi connectivity index (χ1) is 11.1. The van der Waals surface area contributed by atoms with Crippen molar-refractivity contribution in [2.24, 2.45) is 4.99 Å². The summed E-state index contributed by atoms with van der Waals surface area (Å²) >= 11 is 0. The second kappa shape index (κ2) is 6.41. The largest absolute Gasteiger partial charge is 0.282 e. The molecule has 122 valence electrons. The number of fused-ring (bicyclic) bond motifs is 3. The fraction of sp³-hybridized carbons (Fsp3) is 0.227. The van der Waals surface area contributed by atoms with E-state index in [1.807, 2.05) is 0 Å². The molecule has 0 unspecified atom stereocenters. The molecule has 0 fully saturated rings. The molecule has 1 heterocycles. The molecular formula is C22H22ClN. The minimum atomic E-state index is -0.0404. The molecule has 3 aromatic rings. The van der Waals surface area contributed by atoms with Crippen molar-refractivity contribution in [1.82, 2.24) is 0 Å². The van der Waals surface area contributed by atoms with E-state index in [9.17, 15) is 0 Å². The van der Waals surface area contributed by atoms with Crippen LogP contribution in [0.1, 0.15) is 30.5 Å². The highest BCUT2D eigenvalue weighted by molar-refractivity contribution is 6.08. The molecule has 3 aromatic carbocycles. The first kappa shape index (κ1) is 16.7. The Morgan fingerprint density at radius 3 is 2.38 bits per heavy atom. The zero-order valence-corrected chi connectivity index (χ0v) is 14.9. The van der Waals surface area contributed by atoms with E-state index in [1.165, 1.54) is 33.2 Å². The molecule has 4 rings (SSSR count). The first-order valence-electron chi connectivity index (χ1n) is 8.26. The zero-order valence-electron chi connectivity index (χ0n) is 14.1. The van der Waals surface area contributed by atoms with Gasteiger partial charge in [0.1, 0.15) is 0 Å². The molecule has 0 radical (unpaired) electrons. The second-order valence-electron chi connectivity index (χ2n) is 7.02. The average molecular weight is 336 g/mol. The van der Waals surface area contributed by atoms with Crippen LogP contribution in [0.2, 0.25) is 0 Å². The Morgan fingerprint density at radius 1 is 0.875 bits per heavy atom. The molecule has 0 spiro atoms. The molecule has 2 heteroatoms. The Hall–Kier alpha value is -2.12. The van der Waals surface area contributed by atoms with E-state index in [4.69, 9.17) is 4.99 Å². The van der Waals surface area contributed by atoms with E-state index in [2.05, 4.69) is 80.6 Å². The van der Waals surface area contributed by atoms with Gasteiger partial charge in [0, 0.05) is 12.1 Å². The van der Waals surface area contributed by atoms with Gasteiger partial charge < -0.3 is 0 Å². The second-order valence-corrected chi connectivity index (χ2v) is 7.02. The molecular weight excluding hydrogens is 314 g/mol. The van der Waals surface area contributed by atoms with E-state index in [0.717, 1.165) is 12.8 Å². The highest BCUT2D eigenvalue weighted by Gasteiger charge is 2.27. The van der Waals surface area contributed by atoms with Crippen molar-refractivity contribution in [1.29, 1.82) is 0 Å². The monoisotopic (exact) mass is 335 g/mol. The first-order valence-corrected chi connectivity index (χ1v) is 8.26. The number of halogens is 1. The van der Waals surface area contributed by atoms with Crippen LogP contribution in [0.5, 0.6) is 0 Å². The summed E-state index contributed by atoms with van der Waals surface area (Å²) in [5.74, 6) is 0. The molecule has 0 amide bonds. The zero-order chi connectivity index (χ0) is 15.9. The summed E-state index contributed by atoms with van der Waals surface area (Å²) in [6.45, 7) is 4.48. The van der Waals surface area contributed by atoms with Crippen LogP contribution in [0, 0.1) is 0 Å². The van der Waals surface area contributed by atoms with Crippen molar-refractivity contribution in [3.63, 3.8) is 0 Å². The predicted molar refractivity (Wildman–Crippen MR) is 106 cm³/mol. The Kier molecular flexibility index (Phi) is 4.47. The van der Waals surface area contributed by atoms with E-state index < -0.39 is 0 Å². The highest BCUT2D eigenvalue weighted by atomic mass is 35.5. The Balaban J connectivity index is 0.00000169. The van der Waals surface area contributed by atoms with Crippen LogP contribution in [0.3, 0.4) is 0 Å². The molecule has 1 aliphatic rings. The summed E-state index contributed by atoms with van der Waals surface area (Å²) in [5.41, 5.74) is 5.28. The van der Waals surface area contributed by atoms with Gasteiger partial charge in [-0.3, -0.25) is 4.99 Å². The number of hydrogen-bond donors (Lipinski definition) is 0. The summed E-state index contributed by atoms with van der Waals surface area (Å²) in [6, 6.07) is 23.8. The van der Waals surface area contributed by atoms with Gasteiger partial charge in [-0.25, -0.2) is 0 Å². The Labute approximate surface area is 149 Å². The summed E-state index contributed by atoms with van der Waals surface area (Å²) in [5, 5.41) is 2.70. The van der Waals surface area contributed by atoms with Crippen molar-refractivity contribution >= 4 is 28.9 Å². The van der Waals surface area contributed by atoms with E-state index in [-0.39, 0.29) is 17.9 Å². The Morgan fingerprint density at radius 2 is 1.58 bits per heavy atom. The molecule has 0 N–H and O–H groups in total. The third-order valence-corrected chi connectivity index (χ3v) is 4.61. The van der Waals surface area contributed by atoms with Crippen LogP contribution in [0.4, 0.5) is 0 Å². The predicted octanol–water partition coefficient (Wildman–Crippen LogP) is 5.63. The fourth-order valence-corrected chi connectivity index (χ4v) is 3.62. The molecule has 0 saturated heterocycles. The van der Waals surface area contributed by atoms with Gasteiger partial charge in [-0.05, 0) is 47.7 Å². The lowest BCUT2D eigenvalue weighted by molar-refractivity contribution is 0.514. The smallest absolute Gasteiger partial charge is 0.0596 e. The van der Waals surface area contributed by atoms with Gasteiger partial charge in [-0.15, -0.1) is 12.4 Å². The van der Waals surface area contributed by atoms with Gasteiger partial charge in [0.25, 0.3) is 0 Å². The van der Waals surface area contributed by atoms with Crippen molar-refractivity contribution in [2.45, 2.75) is 32.2 Å². The quantitative estimate of drug-likeness (QED) is 0.575. The van der Waals surface area contributed by atoms with Gasteiger partial charge >= 0.3 is 0 Å². The Bertz CT molecular complexity index is 894. The summed E-state index contributed by atoms with van der Waals surface area (Å²) in [4.78, 5) is 5.07. The van der Waals surface area contributed by atoms with Gasteiger partial charge in [0.15, 0.2) is 0 Å². The standard InChI is InChI=1S/C22H21N.ClH/c1-22(2)15-20-18-11-7-6-10-17(18)12-13-19(20)21(23-22)14-16-8-4-3-5-9-16;/h3-13H,14-15H2,1-2H3;1H. The van der Waals surface area contributed by atoms with Gasteiger partial charge in [0.2, 0.25) is 0 Å². The van der Waals surface area contributed by atoms with Crippen molar-refractivity contribution in [3.8, 4) is 0 Å². The van der Waals surface area contributed by atoms with Gasteiger partial charge in [-0.1, -0.05) is 66.7 Å². The van der Waals surface area contributed by atoms with Crippen LogP contribution in [0.25, 0.3) is 10.8 Å². The van der Waals surface area contributed by atoms with Crippen molar-refractivity contribution in [3.05, 3.63) is 83.4 Å².